The fourth-order valence-electron chi connectivity index (χ4n) is 4.27. The van der Waals surface area contributed by atoms with Crippen molar-refractivity contribution in [1.29, 1.82) is 0 Å². The number of rotatable bonds is 4. The van der Waals surface area contributed by atoms with Gasteiger partial charge in [0, 0.05) is 39.8 Å². The van der Waals surface area contributed by atoms with Gasteiger partial charge in [0.1, 0.15) is 11.5 Å². The first-order valence-electron chi connectivity index (χ1n) is 10.7. The third kappa shape index (κ3) is 5.38. The highest BCUT2D eigenvalue weighted by molar-refractivity contribution is 5.93. The van der Waals surface area contributed by atoms with Crippen LogP contribution in [0.4, 0.5) is 26.3 Å². The first-order chi connectivity index (χ1) is 16.1. The molecule has 1 saturated heterocycles. The fourth-order valence-corrected chi connectivity index (χ4v) is 4.27. The molecular weight excluding hydrogens is 488 g/mol. The Labute approximate surface area is 196 Å². The summed E-state index contributed by atoms with van der Waals surface area (Å²) in [6, 6.07) is 0. The molecule has 0 aromatic carbocycles. The zero-order valence-corrected chi connectivity index (χ0v) is 19.2. The molecular formula is C20H25F6N5O4. The van der Waals surface area contributed by atoms with Gasteiger partial charge in [-0.15, -0.1) is 0 Å². The Morgan fingerprint density at radius 2 is 1.83 bits per heavy atom. The molecule has 2 atom stereocenters. The van der Waals surface area contributed by atoms with Gasteiger partial charge in [0.05, 0.1) is 18.0 Å². The lowest BCUT2D eigenvalue weighted by Gasteiger charge is -2.46. The van der Waals surface area contributed by atoms with Gasteiger partial charge in [0.2, 0.25) is 5.91 Å². The lowest BCUT2D eigenvalue weighted by Crippen LogP contribution is -2.62. The van der Waals surface area contributed by atoms with Gasteiger partial charge in [-0.1, -0.05) is 0 Å². The van der Waals surface area contributed by atoms with E-state index < -0.39 is 41.8 Å². The van der Waals surface area contributed by atoms with Gasteiger partial charge in [-0.2, -0.15) is 26.3 Å². The van der Waals surface area contributed by atoms with Gasteiger partial charge in [0.25, 0.3) is 12.0 Å². The summed E-state index contributed by atoms with van der Waals surface area (Å²) < 4.78 is 83.1. The van der Waals surface area contributed by atoms with Crippen LogP contribution in [0.25, 0.3) is 0 Å². The third-order valence-corrected chi connectivity index (χ3v) is 6.56. The van der Waals surface area contributed by atoms with Gasteiger partial charge in [-0.3, -0.25) is 14.4 Å². The molecule has 0 aliphatic carbocycles. The number of amides is 2. The number of esters is 1. The van der Waals surface area contributed by atoms with Crippen molar-refractivity contribution in [3.63, 3.8) is 0 Å². The number of aromatic nitrogens is 2. The van der Waals surface area contributed by atoms with Crippen LogP contribution in [0, 0.1) is 5.92 Å². The molecule has 3 heterocycles. The number of imidazole rings is 1. The first kappa shape index (κ1) is 26.8. The zero-order chi connectivity index (χ0) is 26.3. The maximum atomic E-state index is 13.2. The summed E-state index contributed by atoms with van der Waals surface area (Å²) >= 11 is 0. The number of nitrogens with one attached hydrogen (secondary N) is 1. The molecule has 1 N–H and O–H groups in total. The van der Waals surface area contributed by atoms with Gasteiger partial charge >= 0.3 is 18.3 Å². The number of hydrogen-bond acceptors (Lipinski definition) is 6. The average Bonchev–Trinajstić information content (AvgIpc) is 3.18. The van der Waals surface area contributed by atoms with Crippen molar-refractivity contribution in [2.45, 2.75) is 57.4 Å². The van der Waals surface area contributed by atoms with Crippen molar-refractivity contribution >= 4 is 17.8 Å². The van der Waals surface area contributed by atoms with Crippen LogP contribution < -0.4 is 5.32 Å². The van der Waals surface area contributed by atoms with Gasteiger partial charge in [-0.05, 0) is 19.9 Å². The van der Waals surface area contributed by atoms with Crippen molar-refractivity contribution in [1.82, 2.24) is 24.7 Å². The number of nitrogens with zero attached hydrogens (tertiary/aromatic N) is 4. The number of carbonyl (C=O) groups excluding carboxylic acids is 3. The summed E-state index contributed by atoms with van der Waals surface area (Å²) in [5, 5.41) is 2.75. The predicted molar refractivity (Wildman–Crippen MR) is 107 cm³/mol. The van der Waals surface area contributed by atoms with Crippen molar-refractivity contribution in [3.05, 3.63) is 17.7 Å². The number of carbonyl (C=O) groups is 3. The molecule has 15 heteroatoms. The van der Waals surface area contributed by atoms with E-state index in [9.17, 15) is 40.7 Å². The molecule has 9 nitrogen and oxygen atoms in total. The Hall–Kier alpha value is -2.84. The molecule has 0 saturated carbocycles. The molecule has 2 aliphatic heterocycles. The Bertz CT molecular complexity index is 980. The van der Waals surface area contributed by atoms with E-state index in [-0.39, 0.29) is 37.7 Å². The highest BCUT2D eigenvalue weighted by atomic mass is 19.4. The van der Waals surface area contributed by atoms with Crippen molar-refractivity contribution < 1.29 is 45.5 Å². The van der Waals surface area contributed by atoms with Crippen molar-refractivity contribution in [3.8, 4) is 0 Å². The summed E-state index contributed by atoms with van der Waals surface area (Å²) in [7, 11) is 1.30. The van der Waals surface area contributed by atoms with Crippen LogP contribution >= 0.6 is 0 Å². The molecule has 196 valence electrons. The van der Waals surface area contributed by atoms with Crippen LogP contribution in [-0.4, -0.2) is 87.8 Å². The lowest BCUT2D eigenvalue weighted by atomic mass is 9.78. The maximum absolute atomic E-state index is 13.2. The fraction of sp³-hybridized carbons (Fsp3) is 0.700. The monoisotopic (exact) mass is 513 g/mol. The predicted octanol–water partition coefficient (Wildman–Crippen LogP) is 1.72. The van der Waals surface area contributed by atoms with E-state index in [1.807, 2.05) is 0 Å². The Kier molecular flexibility index (Phi) is 7.12. The number of hydrogen-bond donors (Lipinski definition) is 1. The summed E-state index contributed by atoms with van der Waals surface area (Å²) in [4.78, 5) is 44.3. The quantitative estimate of drug-likeness (QED) is 0.487. The van der Waals surface area contributed by atoms with E-state index in [0.29, 0.717) is 18.9 Å². The summed E-state index contributed by atoms with van der Waals surface area (Å²) in [5.74, 6) is -3.62. The van der Waals surface area contributed by atoms with E-state index in [4.69, 9.17) is 0 Å². The molecule has 0 bridgehead atoms. The minimum absolute atomic E-state index is 0.0248. The van der Waals surface area contributed by atoms with Gasteiger partial charge in [0.15, 0.2) is 0 Å². The van der Waals surface area contributed by atoms with E-state index in [2.05, 4.69) is 15.0 Å². The first-order valence-corrected chi connectivity index (χ1v) is 10.7. The van der Waals surface area contributed by atoms with Crippen LogP contribution in [0.15, 0.2) is 6.20 Å². The van der Waals surface area contributed by atoms with E-state index in [1.54, 1.807) is 4.57 Å². The average molecular weight is 513 g/mol. The molecule has 3 rings (SSSR count). The number of fused-ring (bicyclic) bond motifs is 1. The zero-order valence-electron chi connectivity index (χ0n) is 19.2. The molecule has 1 fully saturated rings. The van der Waals surface area contributed by atoms with Crippen LogP contribution in [-0.2, 0) is 27.4 Å². The largest absolute Gasteiger partial charge is 0.442 e. The Morgan fingerprint density at radius 3 is 2.40 bits per heavy atom. The molecule has 35 heavy (non-hydrogen) atoms. The molecule has 0 spiro atoms. The minimum atomic E-state index is -5.85. The second-order valence-electron chi connectivity index (χ2n) is 8.80. The maximum Gasteiger partial charge on any atom is 0.434 e. The summed E-state index contributed by atoms with van der Waals surface area (Å²) in [6.45, 7) is 3.76. The van der Waals surface area contributed by atoms with E-state index in [0.717, 1.165) is 4.90 Å². The summed E-state index contributed by atoms with van der Waals surface area (Å²) in [5.41, 5.74) is -1.49. The second kappa shape index (κ2) is 9.32. The second-order valence-corrected chi connectivity index (χ2v) is 8.80. The SMILES string of the molecule is CC(=O)N1CCn2cc(C(=O)N(C)C3(C)CCNCC3C(=O)OC(C(F)(F)F)C(F)(F)F)nc2C1. The molecule has 2 aliphatic rings. The van der Waals surface area contributed by atoms with Crippen LogP contribution in [0.5, 0.6) is 0 Å². The number of piperidine rings is 1. The van der Waals surface area contributed by atoms with Gasteiger partial charge in [-0.25, -0.2) is 4.98 Å². The van der Waals surface area contributed by atoms with Crippen LogP contribution in [0.2, 0.25) is 0 Å². The Balaban J connectivity index is 1.83. The molecule has 1 aromatic rings. The van der Waals surface area contributed by atoms with Crippen molar-refractivity contribution in [2.75, 3.05) is 26.7 Å². The minimum Gasteiger partial charge on any atom is -0.442 e. The van der Waals surface area contributed by atoms with Crippen molar-refractivity contribution in [2.24, 2.45) is 5.92 Å². The molecule has 0 radical (unpaired) electrons. The number of halogens is 6. The third-order valence-electron chi connectivity index (χ3n) is 6.56. The Morgan fingerprint density at radius 1 is 1.20 bits per heavy atom. The smallest absolute Gasteiger partial charge is 0.434 e. The number of alkyl halides is 6. The van der Waals surface area contributed by atoms with Crippen LogP contribution in [0.3, 0.4) is 0 Å². The summed E-state index contributed by atoms with van der Waals surface area (Å²) in [6.07, 6.45) is -14.5. The van der Waals surface area contributed by atoms with Gasteiger partial charge < -0.3 is 24.4 Å². The topological polar surface area (TPSA) is 96.8 Å². The molecule has 2 amide bonds. The number of ether oxygens (including phenoxy) is 1. The lowest BCUT2D eigenvalue weighted by molar-refractivity contribution is -0.315. The van der Waals surface area contributed by atoms with Crippen LogP contribution in [0.1, 0.15) is 36.6 Å². The normalized spacial score (nSPS) is 23.1. The highest BCUT2D eigenvalue weighted by Crippen LogP contribution is 2.38. The molecule has 2 unspecified atom stereocenters. The highest BCUT2D eigenvalue weighted by Gasteiger charge is 2.61. The molecule has 1 aromatic heterocycles. The van der Waals surface area contributed by atoms with E-state index >= 15 is 0 Å². The van der Waals surface area contributed by atoms with E-state index in [1.165, 1.54) is 32.0 Å². The standard InChI is InChI=1S/C20H25F6N5O4/c1-11(32)30-6-7-31-9-13(28-14(31)10-30)15(33)29(3)18(2)4-5-27-8-12(18)16(34)35-17(19(21,22)23)20(24,25)26/h9,12,17,27H,4-8,10H2,1-3H3.